The molecular weight excluding hydrogens is 370 g/mol. The molecule has 2 saturated heterocycles. The maximum atomic E-state index is 12.9. The van der Waals surface area contributed by atoms with Crippen LogP contribution in [0.4, 0.5) is 0 Å². The van der Waals surface area contributed by atoms with Gasteiger partial charge in [0.2, 0.25) is 17.7 Å². The van der Waals surface area contributed by atoms with Gasteiger partial charge in [0.1, 0.15) is 17.8 Å². The van der Waals surface area contributed by atoms with Crippen LogP contribution in [0.2, 0.25) is 0 Å². The Balaban J connectivity index is 1.35. The second-order valence-corrected chi connectivity index (χ2v) is 8.54. The maximum absolute atomic E-state index is 12.9. The molecule has 7 heteroatoms. The minimum absolute atomic E-state index is 0.0575. The van der Waals surface area contributed by atoms with Crippen LogP contribution < -0.4 is 10.6 Å². The SMILES string of the molecule is O=C(NC1CCN2C(=O)C(Cc3ccc(O)cc3)NC(=O)C2C1)C1CCCCC1. The first-order valence-electron chi connectivity index (χ1n) is 10.7. The number of hydrogen-bond donors (Lipinski definition) is 3. The molecule has 1 aromatic rings. The number of phenols is 1. The van der Waals surface area contributed by atoms with Gasteiger partial charge in [-0.05, 0) is 43.4 Å². The largest absolute Gasteiger partial charge is 0.508 e. The summed E-state index contributed by atoms with van der Waals surface area (Å²) in [5.74, 6) is 0.157. The molecule has 1 saturated carbocycles. The quantitative estimate of drug-likeness (QED) is 0.714. The van der Waals surface area contributed by atoms with Gasteiger partial charge in [-0.25, -0.2) is 0 Å². The average molecular weight is 399 g/mol. The number of aromatic hydroxyl groups is 1. The lowest BCUT2D eigenvalue weighted by Crippen LogP contribution is -2.67. The van der Waals surface area contributed by atoms with Crippen molar-refractivity contribution in [2.24, 2.45) is 5.92 Å². The lowest BCUT2D eigenvalue weighted by atomic mass is 9.87. The predicted octanol–water partition coefficient (Wildman–Crippen LogP) is 1.49. The van der Waals surface area contributed by atoms with E-state index in [4.69, 9.17) is 0 Å². The lowest BCUT2D eigenvalue weighted by Gasteiger charge is -2.44. The molecule has 2 aliphatic heterocycles. The van der Waals surface area contributed by atoms with Crippen molar-refractivity contribution in [2.75, 3.05) is 6.54 Å². The summed E-state index contributed by atoms with van der Waals surface area (Å²) in [6.45, 7) is 0.485. The summed E-state index contributed by atoms with van der Waals surface area (Å²) in [5.41, 5.74) is 0.884. The van der Waals surface area contributed by atoms with Crippen molar-refractivity contribution in [1.82, 2.24) is 15.5 Å². The molecule has 3 fully saturated rings. The van der Waals surface area contributed by atoms with E-state index in [2.05, 4.69) is 10.6 Å². The Labute approximate surface area is 170 Å². The number of piperidine rings is 1. The molecule has 3 aliphatic rings. The van der Waals surface area contributed by atoms with Crippen LogP contribution in [0.15, 0.2) is 24.3 Å². The summed E-state index contributed by atoms with van der Waals surface area (Å²) in [6, 6.07) is 5.52. The summed E-state index contributed by atoms with van der Waals surface area (Å²) in [4.78, 5) is 39.8. The molecule has 3 N–H and O–H groups in total. The molecule has 7 nitrogen and oxygen atoms in total. The van der Waals surface area contributed by atoms with E-state index in [1.807, 2.05) is 0 Å². The fourth-order valence-corrected chi connectivity index (χ4v) is 4.83. The van der Waals surface area contributed by atoms with Gasteiger partial charge in [0.05, 0.1) is 0 Å². The van der Waals surface area contributed by atoms with Crippen LogP contribution in [0.3, 0.4) is 0 Å². The van der Waals surface area contributed by atoms with Gasteiger partial charge in [-0.1, -0.05) is 31.4 Å². The molecule has 156 valence electrons. The van der Waals surface area contributed by atoms with Crippen LogP contribution in [0.5, 0.6) is 5.75 Å². The summed E-state index contributed by atoms with van der Waals surface area (Å²) < 4.78 is 0. The van der Waals surface area contributed by atoms with Gasteiger partial charge in [0.15, 0.2) is 0 Å². The highest BCUT2D eigenvalue weighted by Gasteiger charge is 2.44. The van der Waals surface area contributed by atoms with Crippen LogP contribution in [0.1, 0.15) is 50.5 Å². The molecule has 29 heavy (non-hydrogen) atoms. The highest BCUT2D eigenvalue weighted by atomic mass is 16.3. The van der Waals surface area contributed by atoms with E-state index in [1.165, 1.54) is 6.42 Å². The van der Waals surface area contributed by atoms with Crippen molar-refractivity contribution in [3.05, 3.63) is 29.8 Å². The minimum atomic E-state index is -0.586. The third kappa shape index (κ3) is 4.38. The molecule has 0 aromatic heterocycles. The average Bonchev–Trinajstić information content (AvgIpc) is 2.74. The molecule has 0 bridgehead atoms. The Hall–Kier alpha value is -2.57. The zero-order valence-electron chi connectivity index (χ0n) is 16.6. The number of fused-ring (bicyclic) bond motifs is 1. The normalized spacial score (nSPS) is 27.9. The molecule has 3 amide bonds. The topological polar surface area (TPSA) is 98.7 Å². The predicted molar refractivity (Wildman–Crippen MR) is 107 cm³/mol. The summed E-state index contributed by atoms with van der Waals surface area (Å²) in [7, 11) is 0. The van der Waals surface area contributed by atoms with Crippen LogP contribution in [0.25, 0.3) is 0 Å². The molecule has 2 heterocycles. The van der Waals surface area contributed by atoms with Crippen molar-refractivity contribution in [3.8, 4) is 5.75 Å². The second kappa shape index (κ2) is 8.43. The molecule has 1 aliphatic carbocycles. The Morgan fingerprint density at radius 1 is 1.10 bits per heavy atom. The van der Waals surface area contributed by atoms with Crippen LogP contribution in [0, 0.1) is 5.92 Å². The molecule has 0 radical (unpaired) electrons. The van der Waals surface area contributed by atoms with E-state index in [0.717, 1.165) is 31.2 Å². The van der Waals surface area contributed by atoms with Crippen LogP contribution >= 0.6 is 0 Å². The van der Waals surface area contributed by atoms with E-state index < -0.39 is 12.1 Å². The van der Waals surface area contributed by atoms with Crippen molar-refractivity contribution in [2.45, 2.75) is 69.5 Å². The first kappa shape index (κ1) is 19.7. The Morgan fingerprint density at radius 3 is 2.55 bits per heavy atom. The fourth-order valence-electron chi connectivity index (χ4n) is 4.83. The van der Waals surface area contributed by atoms with Crippen molar-refractivity contribution in [3.63, 3.8) is 0 Å². The number of nitrogens with one attached hydrogen (secondary N) is 2. The first-order chi connectivity index (χ1) is 14.0. The van der Waals surface area contributed by atoms with Gasteiger partial charge in [-0.15, -0.1) is 0 Å². The molecule has 3 unspecified atom stereocenters. The van der Waals surface area contributed by atoms with Gasteiger partial charge in [-0.2, -0.15) is 0 Å². The standard InChI is InChI=1S/C22H29N3O4/c26-17-8-6-14(7-9-17)12-18-22(29)25-11-10-16(13-19(25)21(28)24-18)23-20(27)15-4-2-1-3-5-15/h6-9,15-16,18-19,26H,1-5,10-13H2,(H,23,27)(H,24,28). The number of benzene rings is 1. The number of hydrogen-bond acceptors (Lipinski definition) is 4. The minimum Gasteiger partial charge on any atom is -0.508 e. The molecule has 0 spiro atoms. The zero-order valence-corrected chi connectivity index (χ0v) is 16.6. The lowest BCUT2D eigenvalue weighted by molar-refractivity contribution is -0.152. The van der Waals surface area contributed by atoms with E-state index in [0.29, 0.717) is 25.8 Å². The Kier molecular flexibility index (Phi) is 5.74. The fraction of sp³-hybridized carbons (Fsp3) is 0.591. The van der Waals surface area contributed by atoms with Crippen molar-refractivity contribution >= 4 is 17.7 Å². The van der Waals surface area contributed by atoms with E-state index in [-0.39, 0.29) is 35.4 Å². The van der Waals surface area contributed by atoms with Crippen molar-refractivity contribution < 1.29 is 19.5 Å². The highest BCUT2D eigenvalue weighted by molar-refractivity contribution is 5.97. The van der Waals surface area contributed by atoms with Crippen molar-refractivity contribution in [1.29, 1.82) is 0 Å². The van der Waals surface area contributed by atoms with Gasteiger partial charge in [0, 0.05) is 24.9 Å². The maximum Gasteiger partial charge on any atom is 0.246 e. The van der Waals surface area contributed by atoms with E-state index >= 15 is 0 Å². The van der Waals surface area contributed by atoms with Gasteiger partial charge in [0.25, 0.3) is 0 Å². The third-order valence-electron chi connectivity index (χ3n) is 6.50. The highest BCUT2D eigenvalue weighted by Crippen LogP contribution is 2.26. The molecule has 3 atom stereocenters. The zero-order chi connectivity index (χ0) is 20.4. The van der Waals surface area contributed by atoms with E-state index in [9.17, 15) is 19.5 Å². The summed E-state index contributed by atoms with van der Waals surface area (Å²) in [5, 5.41) is 15.4. The number of nitrogens with zero attached hydrogens (tertiary/aromatic N) is 1. The monoisotopic (exact) mass is 399 g/mol. The van der Waals surface area contributed by atoms with Gasteiger partial charge < -0.3 is 20.6 Å². The van der Waals surface area contributed by atoms with Gasteiger partial charge >= 0.3 is 0 Å². The van der Waals surface area contributed by atoms with Crippen LogP contribution in [-0.4, -0.2) is 52.4 Å². The number of carbonyl (C=O) groups excluding carboxylic acids is 3. The Morgan fingerprint density at radius 2 is 1.83 bits per heavy atom. The summed E-state index contributed by atoms with van der Waals surface area (Å²) >= 11 is 0. The van der Waals surface area contributed by atoms with E-state index in [1.54, 1.807) is 29.2 Å². The number of amides is 3. The summed E-state index contributed by atoms with van der Waals surface area (Å²) in [6.07, 6.45) is 6.88. The number of phenolic OH excluding ortho intramolecular Hbond substituents is 1. The second-order valence-electron chi connectivity index (χ2n) is 8.54. The van der Waals surface area contributed by atoms with Gasteiger partial charge in [-0.3, -0.25) is 14.4 Å². The number of carbonyl (C=O) groups is 3. The number of rotatable bonds is 4. The molecular formula is C22H29N3O4. The molecule has 1 aromatic carbocycles. The first-order valence-corrected chi connectivity index (χ1v) is 10.7. The molecule has 4 rings (SSSR count). The third-order valence-corrected chi connectivity index (χ3v) is 6.50. The smallest absolute Gasteiger partial charge is 0.246 e. The van der Waals surface area contributed by atoms with Crippen LogP contribution in [-0.2, 0) is 20.8 Å². The number of piperazine rings is 1. The Bertz CT molecular complexity index is 773.